The van der Waals surface area contributed by atoms with E-state index in [1.54, 1.807) is 0 Å². The molecule has 0 atom stereocenters. The molecule has 0 aliphatic carbocycles. The van der Waals surface area contributed by atoms with E-state index in [0.29, 0.717) is 6.61 Å². The maximum Gasteiger partial charge on any atom is 0.346 e. The number of unbranched alkanes of at least 4 members (excludes halogenated alkanes) is 3. The van der Waals surface area contributed by atoms with Gasteiger partial charge in [-0.05, 0) is 24.6 Å². The molecular weight excluding hydrogens is 260 g/mol. The van der Waals surface area contributed by atoms with Crippen LogP contribution in [0, 0.1) is 0 Å². The van der Waals surface area contributed by atoms with Gasteiger partial charge in [-0.15, -0.1) is 0 Å². The van der Waals surface area contributed by atoms with Gasteiger partial charge in [0, 0.05) is 0 Å². The van der Waals surface area contributed by atoms with Gasteiger partial charge in [0.15, 0.2) is 0 Å². The highest BCUT2D eigenvalue weighted by Gasteiger charge is 2.30. The van der Waals surface area contributed by atoms with Crippen LogP contribution in [-0.2, 0) is 9.47 Å². The first-order valence-electron chi connectivity index (χ1n) is 6.71. The third kappa shape index (κ3) is 3.04. The largest absolute Gasteiger partial charge is 0.462 e. The third-order valence-corrected chi connectivity index (χ3v) is 3.11. The average Bonchev–Trinajstić information content (AvgIpc) is 2.73. The summed E-state index contributed by atoms with van der Waals surface area (Å²) in [5, 5.41) is 0. The Labute approximate surface area is 116 Å². The van der Waals surface area contributed by atoms with E-state index in [2.05, 4.69) is 11.7 Å². The number of ether oxygens (including phenoxy) is 2. The Balaban J connectivity index is 1.96. The monoisotopic (exact) mass is 276 g/mol. The lowest BCUT2D eigenvalue weighted by molar-refractivity contribution is 0.0442. The molecule has 0 spiro atoms. The fourth-order valence-corrected chi connectivity index (χ4v) is 1.99. The fraction of sp³-hybridized carbons (Fsp3) is 0.400. The minimum atomic E-state index is -0.720. The van der Waals surface area contributed by atoms with Crippen molar-refractivity contribution in [3.05, 3.63) is 34.9 Å². The standard InChI is InChI=1S/C15H16O5/c1-2-3-4-5-8-19-13(16)10-6-7-11-12(9-10)15(18)20-14(11)17/h6-7,9H,2-5,8H2,1H3. The first-order chi connectivity index (χ1) is 9.63. The molecule has 106 valence electrons. The molecule has 0 bridgehead atoms. The highest BCUT2D eigenvalue weighted by Crippen LogP contribution is 2.21. The van der Waals surface area contributed by atoms with Gasteiger partial charge >= 0.3 is 17.9 Å². The lowest BCUT2D eigenvalue weighted by Gasteiger charge is -2.05. The molecule has 1 aliphatic rings. The zero-order valence-electron chi connectivity index (χ0n) is 11.3. The summed E-state index contributed by atoms with van der Waals surface area (Å²) in [6.07, 6.45) is 4.08. The zero-order valence-corrected chi connectivity index (χ0v) is 11.3. The first kappa shape index (κ1) is 14.2. The van der Waals surface area contributed by atoms with Crippen LogP contribution >= 0.6 is 0 Å². The predicted octanol–water partition coefficient (Wildman–Crippen LogP) is 2.73. The summed E-state index contributed by atoms with van der Waals surface area (Å²) in [7, 11) is 0. The Morgan fingerprint density at radius 2 is 1.85 bits per heavy atom. The van der Waals surface area contributed by atoms with Gasteiger partial charge in [0.2, 0.25) is 0 Å². The van der Waals surface area contributed by atoms with E-state index in [1.165, 1.54) is 18.2 Å². The first-order valence-corrected chi connectivity index (χ1v) is 6.71. The van der Waals surface area contributed by atoms with Gasteiger partial charge in [-0.1, -0.05) is 26.2 Å². The van der Waals surface area contributed by atoms with E-state index in [-0.39, 0.29) is 16.7 Å². The van der Waals surface area contributed by atoms with Crippen molar-refractivity contribution in [1.82, 2.24) is 0 Å². The van der Waals surface area contributed by atoms with E-state index >= 15 is 0 Å². The van der Waals surface area contributed by atoms with Crippen molar-refractivity contribution < 1.29 is 23.9 Å². The summed E-state index contributed by atoms with van der Waals surface area (Å²) in [4.78, 5) is 34.5. The molecule has 2 rings (SSSR count). The van der Waals surface area contributed by atoms with E-state index in [1.807, 2.05) is 0 Å². The fourth-order valence-electron chi connectivity index (χ4n) is 1.99. The van der Waals surface area contributed by atoms with Crippen molar-refractivity contribution in [3.8, 4) is 0 Å². The van der Waals surface area contributed by atoms with Crippen molar-refractivity contribution in [1.29, 1.82) is 0 Å². The summed E-state index contributed by atoms with van der Waals surface area (Å²) in [6, 6.07) is 4.22. The van der Waals surface area contributed by atoms with Crippen molar-refractivity contribution in [2.75, 3.05) is 6.61 Å². The molecule has 1 aromatic rings. The SMILES string of the molecule is CCCCCCOC(=O)c1ccc2c(c1)C(=O)OC2=O. The molecule has 20 heavy (non-hydrogen) atoms. The molecule has 0 amide bonds. The van der Waals surface area contributed by atoms with Gasteiger partial charge in [0.1, 0.15) is 0 Å². The molecule has 0 radical (unpaired) electrons. The minimum Gasteiger partial charge on any atom is -0.462 e. The zero-order chi connectivity index (χ0) is 14.5. The summed E-state index contributed by atoms with van der Waals surface area (Å²) in [5.41, 5.74) is 0.566. The molecule has 0 fully saturated rings. The van der Waals surface area contributed by atoms with Gasteiger partial charge in [-0.2, -0.15) is 0 Å². The van der Waals surface area contributed by atoms with Gasteiger partial charge in [-0.25, -0.2) is 14.4 Å². The van der Waals surface area contributed by atoms with Crippen molar-refractivity contribution in [2.45, 2.75) is 32.6 Å². The molecule has 0 saturated heterocycles. The Morgan fingerprint density at radius 1 is 1.10 bits per heavy atom. The molecule has 5 heteroatoms. The van der Waals surface area contributed by atoms with Crippen LogP contribution in [0.1, 0.15) is 63.7 Å². The highest BCUT2D eigenvalue weighted by molar-refractivity contribution is 6.15. The molecule has 5 nitrogen and oxygen atoms in total. The Bertz CT molecular complexity index is 547. The molecule has 1 heterocycles. The Kier molecular flexibility index (Phi) is 4.50. The van der Waals surface area contributed by atoms with E-state index in [4.69, 9.17) is 4.74 Å². The summed E-state index contributed by atoms with van der Waals surface area (Å²) >= 11 is 0. The van der Waals surface area contributed by atoms with Crippen LogP contribution in [0.4, 0.5) is 0 Å². The molecule has 0 unspecified atom stereocenters. The number of hydrogen-bond donors (Lipinski definition) is 0. The number of carbonyl (C=O) groups excluding carboxylic acids is 3. The topological polar surface area (TPSA) is 69.7 Å². The lowest BCUT2D eigenvalue weighted by atomic mass is 10.1. The van der Waals surface area contributed by atoms with Gasteiger partial charge in [0.25, 0.3) is 0 Å². The van der Waals surface area contributed by atoms with Gasteiger partial charge in [-0.3, -0.25) is 0 Å². The molecule has 1 aromatic carbocycles. The van der Waals surface area contributed by atoms with Crippen molar-refractivity contribution in [2.24, 2.45) is 0 Å². The van der Waals surface area contributed by atoms with Gasteiger partial charge < -0.3 is 9.47 Å². The quantitative estimate of drug-likeness (QED) is 0.454. The molecule has 0 aromatic heterocycles. The third-order valence-electron chi connectivity index (χ3n) is 3.11. The second-order valence-electron chi connectivity index (χ2n) is 4.63. The van der Waals surface area contributed by atoms with Crippen LogP contribution in [0.5, 0.6) is 0 Å². The smallest absolute Gasteiger partial charge is 0.346 e. The Hall–Kier alpha value is -2.17. The minimum absolute atomic E-state index is 0.121. The van der Waals surface area contributed by atoms with E-state index < -0.39 is 17.9 Å². The maximum absolute atomic E-state index is 11.8. The van der Waals surface area contributed by atoms with Crippen LogP contribution in [0.3, 0.4) is 0 Å². The van der Waals surface area contributed by atoms with E-state index in [9.17, 15) is 14.4 Å². The highest BCUT2D eigenvalue weighted by atomic mass is 16.6. The number of hydrogen-bond acceptors (Lipinski definition) is 5. The van der Waals surface area contributed by atoms with Crippen molar-refractivity contribution in [3.63, 3.8) is 0 Å². The summed E-state index contributed by atoms with van der Waals surface area (Å²) < 4.78 is 9.58. The normalized spacial score (nSPS) is 13.1. The number of esters is 3. The number of carbonyl (C=O) groups is 3. The number of cyclic esters (lactones) is 2. The molecule has 0 N–H and O–H groups in total. The van der Waals surface area contributed by atoms with Crippen LogP contribution < -0.4 is 0 Å². The number of rotatable bonds is 6. The van der Waals surface area contributed by atoms with Crippen LogP contribution in [0.15, 0.2) is 18.2 Å². The molecule has 0 saturated carbocycles. The van der Waals surface area contributed by atoms with Crippen LogP contribution in [-0.4, -0.2) is 24.5 Å². The lowest BCUT2D eigenvalue weighted by Crippen LogP contribution is -2.07. The molecule has 1 aliphatic heterocycles. The Morgan fingerprint density at radius 3 is 2.60 bits per heavy atom. The average molecular weight is 276 g/mol. The van der Waals surface area contributed by atoms with Crippen LogP contribution in [0.25, 0.3) is 0 Å². The second-order valence-corrected chi connectivity index (χ2v) is 4.63. The van der Waals surface area contributed by atoms with Crippen LogP contribution in [0.2, 0.25) is 0 Å². The number of benzene rings is 1. The van der Waals surface area contributed by atoms with Gasteiger partial charge in [0.05, 0.1) is 23.3 Å². The predicted molar refractivity (Wildman–Crippen MR) is 70.6 cm³/mol. The second kappa shape index (κ2) is 6.32. The summed E-state index contributed by atoms with van der Waals surface area (Å²) in [6.45, 7) is 2.47. The summed E-state index contributed by atoms with van der Waals surface area (Å²) in [5.74, 6) is -1.89. The number of fused-ring (bicyclic) bond motifs is 1. The van der Waals surface area contributed by atoms with E-state index in [0.717, 1.165) is 25.7 Å². The maximum atomic E-state index is 11.8. The van der Waals surface area contributed by atoms with Crippen molar-refractivity contribution >= 4 is 17.9 Å². The molecular formula is C15H16O5.